The van der Waals surface area contributed by atoms with Crippen LogP contribution < -0.4 is 10.6 Å². The lowest BCUT2D eigenvalue weighted by Gasteiger charge is -2.38. The zero-order valence-electron chi connectivity index (χ0n) is 12.7. The minimum Gasteiger partial charge on any atom is -0.480 e. The van der Waals surface area contributed by atoms with Gasteiger partial charge in [-0.1, -0.05) is 6.42 Å². The molecule has 4 nitrogen and oxygen atoms in total. The average Bonchev–Trinajstić information content (AvgIpc) is 2.50. The van der Waals surface area contributed by atoms with Crippen molar-refractivity contribution in [1.29, 1.82) is 0 Å². The normalized spacial score (nSPS) is 33.6. The van der Waals surface area contributed by atoms with E-state index in [1.165, 1.54) is 31.4 Å². The molecule has 21 heavy (non-hydrogen) atoms. The second-order valence-electron chi connectivity index (χ2n) is 6.01. The van der Waals surface area contributed by atoms with Gasteiger partial charge < -0.3 is 15.7 Å². The predicted octanol–water partition coefficient (Wildman–Crippen LogP) is 2.19. The molecule has 6 heteroatoms. The third-order valence-corrected chi connectivity index (χ3v) is 7.11. The summed E-state index contributed by atoms with van der Waals surface area (Å²) in [5.41, 5.74) is 0. The van der Waals surface area contributed by atoms with Crippen LogP contribution >= 0.6 is 23.5 Å². The fourth-order valence-corrected chi connectivity index (χ4v) is 5.46. The smallest absolute Gasteiger partial charge is 0.320 e. The van der Waals surface area contributed by atoms with E-state index in [4.69, 9.17) is 0 Å². The summed E-state index contributed by atoms with van der Waals surface area (Å²) in [4.78, 5) is 11.4. The standard InChI is InChI=1S/C15H28N2O2S2/c18-14(19)13-4-11-20-9-3-7-16-8-6-15(12-17-13)5-1-2-10-21-15/h13,16-17H,1-12H2,(H,18,19). The molecule has 0 aliphatic carbocycles. The van der Waals surface area contributed by atoms with Crippen molar-refractivity contribution in [3.05, 3.63) is 0 Å². The fourth-order valence-electron chi connectivity index (χ4n) is 3.00. The summed E-state index contributed by atoms with van der Waals surface area (Å²) >= 11 is 3.93. The molecule has 2 aliphatic rings. The molecule has 0 aromatic heterocycles. The van der Waals surface area contributed by atoms with E-state index in [9.17, 15) is 9.90 Å². The quantitative estimate of drug-likeness (QED) is 0.684. The molecular formula is C15H28N2O2S2. The number of hydrogen-bond donors (Lipinski definition) is 3. The van der Waals surface area contributed by atoms with E-state index in [-0.39, 0.29) is 10.8 Å². The molecule has 2 fully saturated rings. The van der Waals surface area contributed by atoms with Gasteiger partial charge in [0.1, 0.15) is 6.04 Å². The highest BCUT2D eigenvalue weighted by atomic mass is 32.2. The van der Waals surface area contributed by atoms with Crippen LogP contribution in [0.2, 0.25) is 0 Å². The van der Waals surface area contributed by atoms with Crippen LogP contribution in [-0.4, -0.2) is 58.8 Å². The van der Waals surface area contributed by atoms with E-state index in [0.717, 1.165) is 44.0 Å². The number of carboxylic acids is 1. The Labute approximate surface area is 136 Å². The Morgan fingerprint density at radius 2 is 2.00 bits per heavy atom. The molecule has 3 N–H and O–H groups in total. The van der Waals surface area contributed by atoms with Gasteiger partial charge in [0, 0.05) is 11.3 Å². The lowest BCUT2D eigenvalue weighted by atomic mass is 9.95. The lowest BCUT2D eigenvalue weighted by Crippen LogP contribution is -2.48. The van der Waals surface area contributed by atoms with E-state index >= 15 is 0 Å². The van der Waals surface area contributed by atoms with Gasteiger partial charge in [-0.05, 0) is 62.5 Å². The van der Waals surface area contributed by atoms with Crippen molar-refractivity contribution in [3.8, 4) is 0 Å². The molecule has 2 aliphatic heterocycles. The molecule has 2 rings (SSSR count). The van der Waals surface area contributed by atoms with Gasteiger partial charge in [0.25, 0.3) is 0 Å². The average molecular weight is 333 g/mol. The van der Waals surface area contributed by atoms with E-state index in [2.05, 4.69) is 22.4 Å². The number of rotatable bonds is 1. The van der Waals surface area contributed by atoms with Crippen molar-refractivity contribution in [2.24, 2.45) is 0 Å². The predicted molar refractivity (Wildman–Crippen MR) is 92.5 cm³/mol. The molecule has 0 saturated carbocycles. The van der Waals surface area contributed by atoms with Crippen molar-refractivity contribution in [3.63, 3.8) is 0 Å². The van der Waals surface area contributed by atoms with Gasteiger partial charge in [0.05, 0.1) is 0 Å². The summed E-state index contributed by atoms with van der Waals surface area (Å²) in [6, 6.07) is -0.384. The van der Waals surface area contributed by atoms with Crippen molar-refractivity contribution >= 4 is 29.5 Å². The van der Waals surface area contributed by atoms with Gasteiger partial charge in [-0.25, -0.2) is 0 Å². The van der Waals surface area contributed by atoms with Crippen molar-refractivity contribution in [2.45, 2.75) is 49.3 Å². The number of aliphatic carboxylic acids is 1. The minimum absolute atomic E-state index is 0.236. The van der Waals surface area contributed by atoms with Crippen LogP contribution in [0.25, 0.3) is 0 Å². The maximum Gasteiger partial charge on any atom is 0.320 e. The Balaban J connectivity index is 1.97. The fraction of sp³-hybridized carbons (Fsp3) is 0.933. The van der Waals surface area contributed by atoms with Gasteiger partial charge in [0.2, 0.25) is 0 Å². The first-order chi connectivity index (χ1) is 10.2. The molecule has 0 radical (unpaired) electrons. The van der Waals surface area contributed by atoms with Gasteiger partial charge in [0.15, 0.2) is 0 Å². The molecule has 2 atom stereocenters. The Hall–Kier alpha value is 0.0900. The highest BCUT2D eigenvalue weighted by Gasteiger charge is 2.33. The van der Waals surface area contributed by atoms with E-state index in [1.807, 2.05) is 11.8 Å². The summed E-state index contributed by atoms with van der Waals surface area (Å²) in [6.45, 7) is 2.97. The molecule has 0 amide bonds. The molecule has 0 bridgehead atoms. The summed E-state index contributed by atoms with van der Waals surface area (Å²) in [6.07, 6.45) is 6.85. The Bertz CT molecular complexity index is 323. The number of hydrogen-bond acceptors (Lipinski definition) is 5. The molecule has 1 spiro atoms. The number of nitrogens with one attached hydrogen (secondary N) is 2. The Morgan fingerprint density at radius 1 is 1.10 bits per heavy atom. The first-order valence-electron chi connectivity index (χ1n) is 8.10. The highest BCUT2D eigenvalue weighted by molar-refractivity contribution is 8.00. The second kappa shape index (κ2) is 9.28. The van der Waals surface area contributed by atoms with E-state index in [0.29, 0.717) is 0 Å². The van der Waals surface area contributed by atoms with Crippen LogP contribution in [0.1, 0.15) is 38.5 Å². The summed E-state index contributed by atoms with van der Waals surface area (Å²) in [5.74, 6) is 2.58. The first-order valence-corrected chi connectivity index (χ1v) is 10.2. The number of thioether (sulfide) groups is 2. The van der Waals surface area contributed by atoms with E-state index in [1.54, 1.807) is 0 Å². The molecule has 122 valence electrons. The third-order valence-electron chi connectivity index (χ3n) is 4.35. The monoisotopic (exact) mass is 332 g/mol. The summed E-state index contributed by atoms with van der Waals surface area (Å²) < 4.78 is 0.236. The van der Waals surface area contributed by atoms with Crippen LogP contribution in [0.4, 0.5) is 0 Å². The Morgan fingerprint density at radius 3 is 2.76 bits per heavy atom. The van der Waals surface area contributed by atoms with Gasteiger partial charge in [-0.15, -0.1) is 0 Å². The van der Waals surface area contributed by atoms with Crippen molar-refractivity contribution in [1.82, 2.24) is 10.6 Å². The van der Waals surface area contributed by atoms with Gasteiger partial charge in [-0.2, -0.15) is 23.5 Å². The molecule has 2 heterocycles. The van der Waals surface area contributed by atoms with E-state index < -0.39 is 5.97 Å². The van der Waals surface area contributed by atoms with Crippen LogP contribution in [0, 0.1) is 0 Å². The second-order valence-corrected chi connectivity index (χ2v) is 8.80. The topological polar surface area (TPSA) is 61.4 Å². The van der Waals surface area contributed by atoms with Crippen LogP contribution in [0.3, 0.4) is 0 Å². The largest absolute Gasteiger partial charge is 0.480 e. The third kappa shape index (κ3) is 6.00. The molecule has 0 aromatic rings. The SMILES string of the molecule is O=C(O)C1CCSCCCNCCC2(CCCCS2)CN1. The molecule has 2 saturated heterocycles. The van der Waals surface area contributed by atoms with Crippen molar-refractivity contribution < 1.29 is 9.90 Å². The van der Waals surface area contributed by atoms with Gasteiger partial charge in [-0.3, -0.25) is 4.79 Å². The molecule has 0 aromatic carbocycles. The van der Waals surface area contributed by atoms with Crippen LogP contribution in [-0.2, 0) is 4.79 Å². The van der Waals surface area contributed by atoms with Crippen LogP contribution in [0.5, 0.6) is 0 Å². The maximum absolute atomic E-state index is 11.4. The van der Waals surface area contributed by atoms with Crippen molar-refractivity contribution in [2.75, 3.05) is 36.9 Å². The summed E-state index contributed by atoms with van der Waals surface area (Å²) in [5, 5.41) is 16.3. The van der Waals surface area contributed by atoms with Gasteiger partial charge >= 0.3 is 5.97 Å². The zero-order valence-corrected chi connectivity index (χ0v) is 14.4. The number of carboxylic acid groups (broad SMARTS) is 1. The maximum atomic E-state index is 11.4. The molecule has 2 unspecified atom stereocenters. The minimum atomic E-state index is -0.695. The lowest BCUT2D eigenvalue weighted by molar-refractivity contribution is -0.139. The highest BCUT2D eigenvalue weighted by Crippen LogP contribution is 2.38. The zero-order chi connectivity index (χ0) is 15.0. The van der Waals surface area contributed by atoms with Crippen LogP contribution in [0.15, 0.2) is 0 Å². The first kappa shape index (κ1) is 17.4. The summed E-state index contributed by atoms with van der Waals surface area (Å²) in [7, 11) is 0. The number of carbonyl (C=O) groups is 1. The molecular weight excluding hydrogens is 304 g/mol. The Kier molecular flexibility index (Phi) is 7.71.